The molecule has 0 aromatic heterocycles. The van der Waals surface area contributed by atoms with E-state index in [1.807, 2.05) is 0 Å². The third-order valence-electron chi connectivity index (χ3n) is 21.3. The van der Waals surface area contributed by atoms with Crippen molar-refractivity contribution in [2.75, 3.05) is 52.4 Å². The first-order chi connectivity index (χ1) is 30.8. The minimum atomic E-state index is 0.693. The van der Waals surface area contributed by atoms with Gasteiger partial charge in [-0.1, -0.05) is 51.4 Å². The zero-order chi connectivity index (χ0) is 41.2. The van der Waals surface area contributed by atoms with E-state index in [0.29, 0.717) is 48.3 Å². The van der Waals surface area contributed by atoms with Gasteiger partial charge in [0.25, 0.3) is 0 Å². The molecule has 0 amide bonds. The van der Waals surface area contributed by atoms with Gasteiger partial charge in [-0.2, -0.15) is 0 Å². The van der Waals surface area contributed by atoms with Crippen LogP contribution in [0.4, 0.5) is 0 Å². The molecule has 11 rings (SSSR count). The van der Waals surface area contributed by atoms with Crippen LogP contribution >= 0.6 is 0 Å². The molecule has 8 nitrogen and oxygen atoms in total. The molecular weight excluding hydrogens is 761 g/mol. The molecule has 11 aliphatic rings. The van der Waals surface area contributed by atoms with Crippen LogP contribution in [-0.4, -0.2) is 101 Å². The van der Waals surface area contributed by atoms with Crippen LogP contribution in [0.25, 0.3) is 0 Å². The molecule has 11 fully saturated rings. The average Bonchev–Trinajstić information content (AvgIpc) is 3.36. The van der Waals surface area contributed by atoms with Gasteiger partial charge in [0, 0.05) is 48.3 Å². The molecular formula is C54H96N8. The first kappa shape index (κ1) is 44.2. The summed E-state index contributed by atoms with van der Waals surface area (Å²) in [6.45, 7) is 10.0. The van der Waals surface area contributed by atoms with Gasteiger partial charge in [-0.3, -0.25) is 0 Å². The third-order valence-corrected chi connectivity index (χ3v) is 21.3. The highest BCUT2D eigenvalue weighted by atomic mass is 15.0. The van der Waals surface area contributed by atoms with Crippen LogP contribution in [0.2, 0.25) is 0 Å². The summed E-state index contributed by atoms with van der Waals surface area (Å²) in [5, 5.41) is 35.3. The first-order valence-electron chi connectivity index (χ1n) is 28.7. The predicted molar refractivity (Wildman–Crippen MR) is 256 cm³/mol. The Kier molecular flexibility index (Phi) is 14.9. The van der Waals surface area contributed by atoms with Gasteiger partial charge in [-0.15, -0.1) is 0 Å². The Morgan fingerprint density at radius 2 is 0.339 bits per heavy atom. The molecule has 8 aliphatic heterocycles. The van der Waals surface area contributed by atoms with Gasteiger partial charge in [0.15, 0.2) is 0 Å². The van der Waals surface area contributed by atoms with Crippen LogP contribution in [0.5, 0.6) is 0 Å². The summed E-state index contributed by atoms with van der Waals surface area (Å²) in [6, 6.07) is 5.58. The van der Waals surface area contributed by atoms with Gasteiger partial charge in [-0.25, -0.2) is 0 Å². The molecule has 0 radical (unpaired) electrons. The van der Waals surface area contributed by atoms with Gasteiger partial charge < -0.3 is 42.5 Å². The SMILES string of the molecule is C1CCC(C2C3CC4C(CC3C(C3CCCCN3)C(C3CCCCN3)C2C2CCCCN2)C(C2CCCCN2)C(C2CCCCN2)C(C2CCCCN2)C4C2CCCCN2)NC1. The molecule has 3 aliphatic carbocycles. The molecule has 0 spiro atoms. The Morgan fingerprint density at radius 3 is 0.484 bits per heavy atom. The Bertz CT molecular complexity index is 1150. The van der Waals surface area contributed by atoms with E-state index in [-0.39, 0.29) is 0 Å². The summed E-state index contributed by atoms with van der Waals surface area (Å²) < 4.78 is 0. The molecule has 62 heavy (non-hydrogen) atoms. The molecule has 0 aromatic carbocycles. The predicted octanol–water partition coefficient (Wildman–Crippen LogP) is 7.34. The van der Waals surface area contributed by atoms with Crippen molar-refractivity contribution in [1.82, 2.24) is 42.5 Å². The summed E-state index contributed by atoms with van der Waals surface area (Å²) >= 11 is 0. The molecule has 8 N–H and O–H groups in total. The largest absolute Gasteiger partial charge is 0.314 e. The maximum Gasteiger partial charge on any atom is 0.0102 e. The topological polar surface area (TPSA) is 96.2 Å². The lowest BCUT2D eigenvalue weighted by molar-refractivity contribution is -0.173. The number of hydrogen-bond donors (Lipinski definition) is 8. The molecule has 3 saturated carbocycles. The lowest BCUT2D eigenvalue weighted by Gasteiger charge is -2.68. The summed E-state index contributed by atoms with van der Waals surface area (Å²) in [4.78, 5) is 0. The quantitative estimate of drug-likeness (QED) is 0.129. The fraction of sp³-hybridized carbons (Fsp3) is 1.00. The van der Waals surface area contributed by atoms with E-state index in [4.69, 9.17) is 0 Å². The zero-order valence-corrected chi connectivity index (χ0v) is 39.6. The summed E-state index contributed by atoms with van der Waals surface area (Å²) in [5.41, 5.74) is 0. The fourth-order valence-corrected chi connectivity index (χ4v) is 19.3. The van der Waals surface area contributed by atoms with Crippen LogP contribution < -0.4 is 42.5 Å². The number of rotatable bonds is 8. The number of nitrogens with one attached hydrogen (secondary N) is 8. The molecule has 20 unspecified atom stereocenters. The smallest absolute Gasteiger partial charge is 0.0102 e. The maximum absolute atomic E-state index is 4.42. The van der Waals surface area contributed by atoms with Crippen LogP contribution in [0.1, 0.15) is 167 Å². The van der Waals surface area contributed by atoms with Gasteiger partial charge in [0.1, 0.15) is 0 Å². The van der Waals surface area contributed by atoms with Crippen molar-refractivity contribution < 1.29 is 0 Å². The first-order valence-corrected chi connectivity index (χ1v) is 28.7. The number of fused-ring (bicyclic) bond motifs is 2. The fourth-order valence-electron chi connectivity index (χ4n) is 19.3. The summed E-state index contributed by atoms with van der Waals surface area (Å²) in [6.07, 6.45) is 37.0. The standard InChI is InChI=1S/C54H96N8/c1-9-25-55-39(17-1)47-35-33-37-38(34-36(35)48(40-18-2-10-26-56-40)52(44-22-6-14-30-60-44)51(47)43-21-5-13-29-59-43)50(42-20-4-12-28-58-42)54(46-24-8-16-32-62-46)53(45-23-7-15-31-61-45)49(37)41-19-3-11-27-57-41/h35-62H,1-34H2. The zero-order valence-electron chi connectivity index (χ0n) is 39.6. The van der Waals surface area contributed by atoms with Gasteiger partial charge in [0.05, 0.1) is 0 Å². The van der Waals surface area contributed by atoms with Crippen molar-refractivity contribution in [3.63, 3.8) is 0 Å². The Hall–Kier alpha value is -0.320. The Labute approximate surface area is 379 Å². The van der Waals surface area contributed by atoms with Crippen molar-refractivity contribution in [2.24, 2.45) is 71.0 Å². The molecule has 0 bridgehead atoms. The second-order valence-corrected chi connectivity index (χ2v) is 24.2. The van der Waals surface area contributed by atoms with E-state index < -0.39 is 0 Å². The van der Waals surface area contributed by atoms with Crippen LogP contribution in [0, 0.1) is 71.0 Å². The van der Waals surface area contributed by atoms with E-state index in [2.05, 4.69) is 42.5 Å². The second kappa shape index (κ2) is 20.9. The van der Waals surface area contributed by atoms with Crippen molar-refractivity contribution in [3.8, 4) is 0 Å². The molecule has 8 heteroatoms. The van der Waals surface area contributed by atoms with Gasteiger partial charge in [0.2, 0.25) is 0 Å². The minimum absolute atomic E-state index is 0.693. The Balaban J connectivity index is 1.08. The minimum Gasteiger partial charge on any atom is -0.314 e. The van der Waals surface area contributed by atoms with Crippen molar-refractivity contribution in [3.05, 3.63) is 0 Å². The average molecular weight is 857 g/mol. The number of piperidine rings is 8. The molecule has 0 aromatic rings. The van der Waals surface area contributed by atoms with E-state index in [9.17, 15) is 0 Å². The molecule has 352 valence electrons. The van der Waals surface area contributed by atoms with Gasteiger partial charge >= 0.3 is 0 Å². The van der Waals surface area contributed by atoms with Crippen LogP contribution in [-0.2, 0) is 0 Å². The highest BCUT2D eigenvalue weighted by molar-refractivity contribution is 5.17. The lowest BCUT2D eigenvalue weighted by atomic mass is 9.40. The Morgan fingerprint density at radius 1 is 0.177 bits per heavy atom. The van der Waals surface area contributed by atoms with Crippen molar-refractivity contribution in [1.29, 1.82) is 0 Å². The maximum atomic E-state index is 4.42. The van der Waals surface area contributed by atoms with E-state index >= 15 is 0 Å². The lowest BCUT2D eigenvalue weighted by Crippen LogP contribution is -2.71. The van der Waals surface area contributed by atoms with Gasteiger partial charge in [-0.05, 0) is 239 Å². The highest BCUT2D eigenvalue weighted by Gasteiger charge is 2.65. The highest BCUT2D eigenvalue weighted by Crippen LogP contribution is 2.66. The summed E-state index contributed by atoms with van der Waals surface area (Å²) in [7, 11) is 0. The monoisotopic (exact) mass is 857 g/mol. The van der Waals surface area contributed by atoms with Crippen molar-refractivity contribution in [2.45, 2.75) is 215 Å². The van der Waals surface area contributed by atoms with Crippen LogP contribution in [0.15, 0.2) is 0 Å². The number of hydrogen-bond acceptors (Lipinski definition) is 8. The normalized spacial score (nSPS) is 51.1. The van der Waals surface area contributed by atoms with E-state index in [1.54, 1.807) is 0 Å². The summed E-state index contributed by atoms with van der Waals surface area (Å²) in [5.74, 6) is 9.77. The van der Waals surface area contributed by atoms with E-state index in [0.717, 1.165) is 71.0 Å². The van der Waals surface area contributed by atoms with Crippen molar-refractivity contribution >= 4 is 0 Å². The van der Waals surface area contributed by atoms with E-state index in [1.165, 1.54) is 219 Å². The second-order valence-electron chi connectivity index (χ2n) is 24.2. The molecule has 8 heterocycles. The third kappa shape index (κ3) is 8.93. The molecule has 20 atom stereocenters. The van der Waals surface area contributed by atoms with Crippen LogP contribution in [0.3, 0.4) is 0 Å². The molecule has 8 saturated heterocycles.